The molecule has 0 aromatic carbocycles. The third-order valence-corrected chi connectivity index (χ3v) is 3.09. The van der Waals surface area contributed by atoms with Crippen molar-refractivity contribution in [2.75, 3.05) is 0 Å². The lowest BCUT2D eigenvalue weighted by molar-refractivity contribution is -0.118. The van der Waals surface area contributed by atoms with Gasteiger partial charge >= 0.3 is 5.69 Å². The van der Waals surface area contributed by atoms with E-state index < -0.39 is 11.6 Å². The molecule has 3 N–H and O–H groups in total. The summed E-state index contributed by atoms with van der Waals surface area (Å²) in [6.07, 6.45) is 3.45. The molecule has 17 heavy (non-hydrogen) atoms. The van der Waals surface area contributed by atoms with Crippen LogP contribution >= 0.6 is 0 Å². The monoisotopic (exact) mass is 237 g/mol. The van der Waals surface area contributed by atoms with Crippen molar-refractivity contribution < 1.29 is 4.79 Å². The third-order valence-electron chi connectivity index (χ3n) is 3.09. The molecule has 0 aliphatic heterocycles. The fraction of sp³-hybridized carbons (Fsp3) is 0.545. The predicted molar refractivity (Wildman–Crippen MR) is 61.8 cm³/mol. The fourth-order valence-electron chi connectivity index (χ4n) is 2.25. The van der Waals surface area contributed by atoms with Gasteiger partial charge in [-0.25, -0.2) is 4.79 Å². The van der Waals surface area contributed by atoms with Crippen molar-refractivity contribution in [3.63, 3.8) is 0 Å². The maximum atomic E-state index is 11.7. The van der Waals surface area contributed by atoms with Crippen LogP contribution in [0, 0.1) is 0 Å². The van der Waals surface area contributed by atoms with Gasteiger partial charge in [0.15, 0.2) is 0 Å². The van der Waals surface area contributed by atoms with E-state index in [4.69, 9.17) is 5.73 Å². The van der Waals surface area contributed by atoms with Crippen molar-refractivity contribution in [3.05, 3.63) is 32.1 Å². The number of carbonyl (C=O) groups excluding carboxylic acids is 1. The SMILES string of the molecule is NC(=O)CCn1c2c(c(=O)[nH]c1=O)CCCC2. The van der Waals surface area contributed by atoms with Crippen LogP contribution < -0.4 is 17.0 Å². The summed E-state index contributed by atoms with van der Waals surface area (Å²) >= 11 is 0. The first-order valence-electron chi connectivity index (χ1n) is 5.73. The van der Waals surface area contributed by atoms with Gasteiger partial charge in [0.1, 0.15) is 0 Å². The Bertz CT molecular complexity index is 556. The maximum Gasteiger partial charge on any atom is 0.328 e. The Morgan fingerprint density at radius 3 is 2.71 bits per heavy atom. The van der Waals surface area contributed by atoms with Crippen LogP contribution in [0.25, 0.3) is 0 Å². The van der Waals surface area contributed by atoms with Crippen molar-refractivity contribution in [1.82, 2.24) is 9.55 Å². The number of aromatic nitrogens is 2. The lowest BCUT2D eigenvalue weighted by Crippen LogP contribution is -2.37. The maximum absolute atomic E-state index is 11.7. The molecular weight excluding hydrogens is 222 g/mol. The minimum Gasteiger partial charge on any atom is -0.370 e. The molecule has 6 nitrogen and oxygen atoms in total. The van der Waals surface area contributed by atoms with Crippen LogP contribution in [0.15, 0.2) is 9.59 Å². The van der Waals surface area contributed by atoms with E-state index in [9.17, 15) is 14.4 Å². The largest absolute Gasteiger partial charge is 0.370 e. The highest BCUT2D eigenvalue weighted by Crippen LogP contribution is 2.16. The Morgan fingerprint density at radius 1 is 1.29 bits per heavy atom. The molecule has 0 unspecified atom stereocenters. The summed E-state index contributed by atoms with van der Waals surface area (Å²) in [5, 5.41) is 0. The molecule has 0 spiro atoms. The Labute approximate surface area is 97.5 Å². The normalized spacial score (nSPS) is 14.4. The Balaban J connectivity index is 2.46. The number of amides is 1. The van der Waals surface area contributed by atoms with Crippen LogP contribution in [0.1, 0.15) is 30.5 Å². The van der Waals surface area contributed by atoms with Crippen molar-refractivity contribution in [2.45, 2.75) is 38.6 Å². The number of nitrogens with zero attached hydrogens (tertiary/aromatic N) is 1. The number of nitrogens with one attached hydrogen (secondary N) is 1. The number of carbonyl (C=O) groups is 1. The molecule has 6 heteroatoms. The van der Waals surface area contributed by atoms with Gasteiger partial charge in [-0.05, 0) is 25.7 Å². The number of nitrogens with two attached hydrogens (primary N) is 1. The smallest absolute Gasteiger partial charge is 0.328 e. The Hall–Kier alpha value is -1.85. The van der Waals surface area contributed by atoms with Crippen molar-refractivity contribution >= 4 is 5.91 Å². The van der Waals surface area contributed by atoms with Gasteiger partial charge in [0.05, 0.1) is 0 Å². The number of fused-ring (bicyclic) bond motifs is 1. The number of H-pyrrole nitrogens is 1. The molecule has 0 radical (unpaired) electrons. The first-order chi connectivity index (χ1) is 8.09. The van der Waals surface area contributed by atoms with Crippen LogP contribution in [0.4, 0.5) is 0 Å². The van der Waals surface area contributed by atoms with E-state index >= 15 is 0 Å². The van der Waals surface area contributed by atoms with Gasteiger partial charge in [-0.2, -0.15) is 0 Å². The van der Waals surface area contributed by atoms with E-state index in [2.05, 4.69) is 4.98 Å². The first kappa shape index (κ1) is 11.6. The van der Waals surface area contributed by atoms with Gasteiger partial charge < -0.3 is 5.73 Å². The van der Waals surface area contributed by atoms with Crippen molar-refractivity contribution in [1.29, 1.82) is 0 Å². The minimum absolute atomic E-state index is 0.110. The zero-order chi connectivity index (χ0) is 12.4. The fourth-order valence-corrected chi connectivity index (χ4v) is 2.25. The van der Waals surface area contributed by atoms with E-state index in [1.807, 2.05) is 0 Å². The quantitative estimate of drug-likeness (QED) is 0.726. The van der Waals surface area contributed by atoms with Crippen LogP contribution in [-0.2, 0) is 24.2 Å². The lowest BCUT2D eigenvalue weighted by Gasteiger charge is -2.19. The summed E-state index contributed by atoms with van der Waals surface area (Å²) in [4.78, 5) is 36.3. The van der Waals surface area contributed by atoms with Gasteiger partial charge in [-0.3, -0.25) is 19.1 Å². The van der Waals surface area contributed by atoms with Gasteiger partial charge in [0.2, 0.25) is 5.91 Å². The van der Waals surface area contributed by atoms with E-state index in [0.29, 0.717) is 18.4 Å². The molecular formula is C11H15N3O3. The minimum atomic E-state index is -0.451. The molecule has 0 bridgehead atoms. The van der Waals surface area contributed by atoms with E-state index in [1.54, 1.807) is 0 Å². The standard InChI is InChI=1S/C11H15N3O3/c12-9(15)5-6-14-8-4-2-1-3-7(8)10(16)13-11(14)17/h1-6H2,(H2,12,15)(H,13,16,17). The topological polar surface area (TPSA) is 97.9 Å². The summed E-state index contributed by atoms with van der Waals surface area (Å²) in [6.45, 7) is 0.243. The van der Waals surface area contributed by atoms with E-state index in [0.717, 1.165) is 18.5 Å². The molecule has 0 saturated heterocycles. The van der Waals surface area contributed by atoms with Crippen LogP contribution in [0.5, 0.6) is 0 Å². The third kappa shape index (κ3) is 2.30. The molecule has 1 aromatic rings. The number of hydrogen-bond donors (Lipinski definition) is 2. The Morgan fingerprint density at radius 2 is 2.00 bits per heavy atom. The van der Waals surface area contributed by atoms with Crippen molar-refractivity contribution in [3.8, 4) is 0 Å². The summed E-state index contributed by atoms with van der Waals surface area (Å²) < 4.78 is 1.47. The summed E-state index contributed by atoms with van der Waals surface area (Å²) in [6, 6.07) is 0. The Kier molecular flexibility index (Phi) is 3.12. The van der Waals surface area contributed by atoms with Crippen LogP contribution in [0.2, 0.25) is 0 Å². The molecule has 0 fully saturated rings. The summed E-state index contributed by atoms with van der Waals surface area (Å²) in [5.41, 5.74) is 5.78. The van der Waals surface area contributed by atoms with E-state index in [-0.39, 0.29) is 18.5 Å². The molecule has 1 amide bonds. The molecule has 0 atom stereocenters. The molecule has 1 heterocycles. The van der Waals surface area contributed by atoms with Crippen molar-refractivity contribution in [2.24, 2.45) is 5.73 Å². The van der Waals surface area contributed by atoms with Gasteiger partial charge in [-0.1, -0.05) is 0 Å². The van der Waals surface area contributed by atoms with Gasteiger partial charge in [0, 0.05) is 24.2 Å². The molecule has 1 aliphatic rings. The second-order valence-corrected chi connectivity index (χ2v) is 4.26. The highest BCUT2D eigenvalue weighted by Gasteiger charge is 2.18. The summed E-state index contributed by atoms with van der Waals surface area (Å²) in [5.74, 6) is -0.451. The second kappa shape index (κ2) is 4.57. The van der Waals surface area contributed by atoms with E-state index in [1.165, 1.54) is 4.57 Å². The average Bonchev–Trinajstić information content (AvgIpc) is 2.28. The summed E-state index contributed by atoms with van der Waals surface area (Å²) in [7, 11) is 0. The van der Waals surface area contributed by atoms with Crippen LogP contribution in [-0.4, -0.2) is 15.5 Å². The van der Waals surface area contributed by atoms with Crippen LogP contribution in [0.3, 0.4) is 0 Å². The zero-order valence-corrected chi connectivity index (χ0v) is 9.49. The number of hydrogen-bond acceptors (Lipinski definition) is 3. The lowest BCUT2D eigenvalue weighted by atomic mass is 9.97. The predicted octanol–water partition coefficient (Wildman–Crippen LogP) is -0.709. The highest BCUT2D eigenvalue weighted by molar-refractivity contribution is 5.73. The van der Waals surface area contributed by atoms with Gasteiger partial charge in [-0.15, -0.1) is 0 Å². The first-order valence-corrected chi connectivity index (χ1v) is 5.73. The van der Waals surface area contributed by atoms with Gasteiger partial charge in [0.25, 0.3) is 5.56 Å². The number of rotatable bonds is 3. The molecule has 92 valence electrons. The molecule has 1 aliphatic carbocycles. The zero-order valence-electron chi connectivity index (χ0n) is 9.49. The highest BCUT2D eigenvalue weighted by atomic mass is 16.2. The molecule has 2 rings (SSSR count). The number of aromatic amines is 1. The average molecular weight is 237 g/mol. The number of primary amides is 1. The second-order valence-electron chi connectivity index (χ2n) is 4.26. The molecule has 1 aromatic heterocycles. The molecule has 0 saturated carbocycles.